The normalized spacial score (nSPS) is 12.2. The van der Waals surface area contributed by atoms with Gasteiger partial charge in [0, 0.05) is 5.69 Å². The van der Waals surface area contributed by atoms with Gasteiger partial charge in [-0.3, -0.25) is 4.79 Å². The number of rotatable bonds is 3. The molecule has 1 atom stereocenters. The number of carbonyl (C=O) groups is 1. The average molecular weight is 246 g/mol. The molecule has 0 aliphatic heterocycles. The molecule has 0 unspecified atom stereocenters. The van der Waals surface area contributed by atoms with Gasteiger partial charge in [-0.25, -0.2) is 4.68 Å². The lowest BCUT2D eigenvalue weighted by Crippen LogP contribution is -2.32. The van der Waals surface area contributed by atoms with Crippen molar-refractivity contribution in [3.05, 3.63) is 30.1 Å². The molecule has 0 saturated heterocycles. The van der Waals surface area contributed by atoms with Gasteiger partial charge in [0.05, 0.1) is 11.7 Å². The Labute approximate surface area is 104 Å². The van der Waals surface area contributed by atoms with Crippen molar-refractivity contribution in [2.75, 3.05) is 5.32 Å². The second-order valence-electron chi connectivity index (χ2n) is 4.03. The predicted molar refractivity (Wildman–Crippen MR) is 66.2 cm³/mol. The SMILES string of the molecule is Cc1ccc(-n2cnnn2)cc1NC(=O)[C@H](C)N. The van der Waals surface area contributed by atoms with Crippen LogP contribution in [-0.4, -0.2) is 32.2 Å². The van der Waals surface area contributed by atoms with Crippen molar-refractivity contribution >= 4 is 11.6 Å². The molecule has 0 spiro atoms. The molecule has 0 aliphatic rings. The van der Waals surface area contributed by atoms with E-state index in [4.69, 9.17) is 5.73 Å². The number of aromatic nitrogens is 4. The maximum absolute atomic E-state index is 11.6. The Morgan fingerprint density at radius 3 is 2.89 bits per heavy atom. The van der Waals surface area contributed by atoms with Crippen LogP contribution in [0.2, 0.25) is 0 Å². The largest absolute Gasteiger partial charge is 0.324 e. The minimum Gasteiger partial charge on any atom is -0.324 e. The first-order chi connectivity index (χ1) is 8.58. The van der Waals surface area contributed by atoms with Crippen LogP contribution < -0.4 is 11.1 Å². The number of nitrogens with one attached hydrogen (secondary N) is 1. The summed E-state index contributed by atoms with van der Waals surface area (Å²) in [4.78, 5) is 11.6. The number of hydrogen-bond donors (Lipinski definition) is 2. The topological polar surface area (TPSA) is 98.7 Å². The summed E-state index contributed by atoms with van der Waals surface area (Å²) in [6.07, 6.45) is 1.49. The molecule has 1 amide bonds. The van der Waals surface area contributed by atoms with Gasteiger partial charge in [0.25, 0.3) is 0 Å². The van der Waals surface area contributed by atoms with Crippen LogP contribution in [-0.2, 0) is 4.79 Å². The summed E-state index contributed by atoms with van der Waals surface area (Å²) in [5.41, 5.74) is 7.93. The van der Waals surface area contributed by atoms with Gasteiger partial charge >= 0.3 is 0 Å². The van der Waals surface area contributed by atoms with Crippen LogP contribution in [0, 0.1) is 6.92 Å². The summed E-state index contributed by atoms with van der Waals surface area (Å²) in [5.74, 6) is -0.230. The third kappa shape index (κ3) is 2.51. The van der Waals surface area contributed by atoms with Crippen LogP contribution in [0.25, 0.3) is 5.69 Å². The summed E-state index contributed by atoms with van der Waals surface area (Å²) in [5, 5.41) is 13.7. The van der Waals surface area contributed by atoms with E-state index < -0.39 is 6.04 Å². The molecule has 2 rings (SSSR count). The number of hydrogen-bond acceptors (Lipinski definition) is 5. The van der Waals surface area contributed by atoms with E-state index in [-0.39, 0.29) is 5.91 Å². The zero-order chi connectivity index (χ0) is 13.1. The van der Waals surface area contributed by atoms with Crippen molar-refractivity contribution in [3.8, 4) is 5.69 Å². The maximum Gasteiger partial charge on any atom is 0.241 e. The number of nitrogens with two attached hydrogens (primary N) is 1. The standard InChI is InChI=1S/C11H14N6O/c1-7-3-4-9(17-6-13-15-16-17)5-10(7)14-11(18)8(2)12/h3-6,8H,12H2,1-2H3,(H,14,18)/t8-/m0/s1. The van der Waals surface area contributed by atoms with Gasteiger partial charge in [-0.05, 0) is 42.0 Å². The average Bonchev–Trinajstić information content (AvgIpc) is 2.85. The van der Waals surface area contributed by atoms with Crippen LogP contribution in [0.1, 0.15) is 12.5 Å². The minimum absolute atomic E-state index is 0.230. The number of aryl methyl sites for hydroxylation is 1. The molecule has 0 bridgehead atoms. The Morgan fingerprint density at radius 1 is 1.50 bits per heavy atom. The van der Waals surface area contributed by atoms with Crippen molar-refractivity contribution in [2.45, 2.75) is 19.9 Å². The number of amides is 1. The summed E-state index contributed by atoms with van der Waals surface area (Å²) in [7, 11) is 0. The summed E-state index contributed by atoms with van der Waals surface area (Å²) < 4.78 is 1.51. The van der Waals surface area contributed by atoms with E-state index in [0.29, 0.717) is 5.69 Å². The minimum atomic E-state index is -0.555. The van der Waals surface area contributed by atoms with Gasteiger partial charge in [0.1, 0.15) is 6.33 Å². The second-order valence-corrected chi connectivity index (χ2v) is 4.03. The van der Waals surface area contributed by atoms with Gasteiger partial charge in [0.2, 0.25) is 5.91 Å². The van der Waals surface area contributed by atoms with Crippen LogP contribution >= 0.6 is 0 Å². The zero-order valence-corrected chi connectivity index (χ0v) is 10.2. The molecule has 0 radical (unpaired) electrons. The molecule has 0 aliphatic carbocycles. The van der Waals surface area contributed by atoms with Crippen molar-refractivity contribution in [3.63, 3.8) is 0 Å². The number of benzene rings is 1. The molecule has 1 aromatic carbocycles. The van der Waals surface area contributed by atoms with Crippen LogP contribution in [0.5, 0.6) is 0 Å². The Kier molecular flexibility index (Phi) is 3.33. The van der Waals surface area contributed by atoms with Gasteiger partial charge in [-0.15, -0.1) is 5.10 Å². The monoisotopic (exact) mass is 246 g/mol. The van der Waals surface area contributed by atoms with E-state index in [9.17, 15) is 4.79 Å². The Bertz CT molecular complexity index is 549. The van der Waals surface area contributed by atoms with E-state index in [0.717, 1.165) is 11.3 Å². The van der Waals surface area contributed by atoms with E-state index in [1.165, 1.54) is 11.0 Å². The molecule has 94 valence electrons. The fraction of sp³-hybridized carbons (Fsp3) is 0.273. The maximum atomic E-state index is 11.6. The van der Waals surface area contributed by atoms with Gasteiger partial charge in [-0.2, -0.15) is 0 Å². The zero-order valence-electron chi connectivity index (χ0n) is 10.2. The quantitative estimate of drug-likeness (QED) is 0.809. The van der Waals surface area contributed by atoms with Crippen LogP contribution in [0.4, 0.5) is 5.69 Å². The van der Waals surface area contributed by atoms with E-state index >= 15 is 0 Å². The van der Waals surface area contributed by atoms with Crippen molar-refractivity contribution in [1.29, 1.82) is 0 Å². The van der Waals surface area contributed by atoms with Crippen molar-refractivity contribution < 1.29 is 4.79 Å². The Morgan fingerprint density at radius 2 is 2.28 bits per heavy atom. The highest BCUT2D eigenvalue weighted by Crippen LogP contribution is 2.18. The van der Waals surface area contributed by atoms with Crippen molar-refractivity contribution in [2.24, 2.45) is 5.73 Å². The number of carbonyl (C=O) groups excluding carboxylic acids is 1. The molecule has 1 heterocycles. The number of anilines is 1. The van der Waals surface area contributed by atoms with Crippen molar-refractivity contribution in [1.82, 2.24) is 20.2 Å². The van der Waals surface area contributed by atoms with Gasteiger partial charge in [-0.1, -0.05) is 6.07 Å². The van der Waals surface area contributed by atoms with Crippen LogP contribution in [0.15, 0.2) is 24.5 Å². The van der Waals surface area contributed by atoms with Gasteiger partial charge in [0.15, 0.2) is 0 Å². The highest BCUT2D eigenvalue weighted by Gasteiger charge is 2.10. The lowest BCUT2D eigenvalue weighted by atomic mass is 10.1. The van der Waals surface area contributed by atoms with Crippen LogP contribution in [0.3, 0.4) is 0 Å². The fourth-order valence-corrected chi connectivity index (χ4v) is 1.41. The number of tetrazole rings is 1. The molecule has 0 saturated carbocycles. The molecule has 3 N–H and O–H groups in total. The third-order valence-electron chi connectivity index (χ3n) is 2.51. The highest BCUT2D eigenvalue weighted by molar-refractivity contribution is 5.95. The molecule has 7 nitrogen and oxygen atoms in total. The summed E-state index contributed by atoms with van der Waals surface area (Å²) in [6, 6.07) is 4.99. The van der Waals surface area contributed by atoms with Gasteiger partial charge < -0.3 is 11.1 Å². The first kappa shape index (κ1) is 12.2. The fourth-order valence-electron chi connectivity index (χ4n) is 1.41. The lowest BCUT2D eigenvalue weighted by molar-refractivity contribution is -0.117. The van der Waals surface area contributed by atoms with E-state index in [1.807, 2.05) is 19.1 Å². The lowest BCUT2D eigenvalue weighted by Gasteiger charge is -2.11. The predicted octanol–water partition coefficient (Wildman–Crippen LogP) is 0.256. The third-order valence-corrected chi connectivity index (χ3v) is 2.51. The number of nitrogens with zero attached hydrogens (tertiary/aromatic N) is 4. The molecular weight excluding hydrogens is 232 g/mol. The first-order valence-corrected chi connectivity index (χ1v) is 5.48. The van der Waals surface area contributed by atoms with E-state index in [1.54, 1.807) is 13.0 Å². The molecule has 0 fully saturated rings. The summed E-state index contributed by atoms with van der Waals surface area (Å²) in [6.45, 7) is 3.54. The smallest absolute Gasteiger partial charge is 0.241 e. The molecule has 1 aromatic heterocycles. The summed E-state index contributed by atoms with van der Waals surface area (Å²) >= 11 is 0. The molecule has 2 aromatic rings. The first-order valence-electron chi connectivity index (χ1n) is 5.48. The Hall–Kier alpha value is -2.28. The van der Waals surface area contributed by atoms with E-state index in [2.05, 4.69) is 20.8 Å². The molecular formula is C11H14N6O. The second kappa shape index (κ2) is 4.92. The molecule has 7 heteroatoms. The Balaban J connectivity index is 2.30. The highest BCUT2D eigenvalue weighted by atomic mass is 16.2. The molecule has 18 heavy (non-hydrogen) atoms.